The van der Waals surface area contributed by atoms with Crippen molar-refractivity contribution in [1.82, 2.24) is 18.6 Å². The molecule has 1 saturated heterocycles. The van der Waals surface area contributed by atoms with Crippen molar-refractivity contribution in [2.75, 3.05) is 26.4 Å². The lowest BCUT2D eigenvalue weighted by Gasteiger charge is -2.36. The number of nitrogen functional groups attached to an aromatic ring is 1. The molecule has 0 unspecified atom stereocenters. The number of nitrogens with two attached hydrogens (primary N) is 1. The van der Waals surface area contributed by atoms with Crippen molar-refractivity contribution in [3.8, 4) is 11.1 Å². The number of aromatic nitrogens is 2. The van der Waals surface area contributed by atoms with Gasteiger partial charge in [-0.05, 0) is 18.4 Å². The molecule has 0 spiro atoms. The topological polar surface area (TPSA) is 92.4 Å². The Kier molecular flexibility index (Phi) is 5.03. The van der Waals surface area contributed by atoms with Crippen LogP contribution < -0.4 is 5.73 Å². The second kappa shape index (κ2) is 7.07. The summed E-state index contributed by atoms with van der Waals surface area (Å²) in [6.07, 6.45) is 4.18. The average Bonchev–Trinajstić information content (AvgIpc) is 2.62. The molecule has 0 amide bonds. The lowest BCUT2D eigenvalue weighted by atomic mass is 9.95. The van der Waals surface area contributed by atoms with E-state index in [9.17, 15) is 8.42 Å². The first-order chi connectivity index (χ1) is 11.9. The van der Waals surface area contributed by atoms with Crippen molar-refractivity contribution in [3.05, 3.63) is 42.2 Å². The predicted octanol–water partition coefficient (Wildman–Crippen LogP) is 2.06. The van der Waals surface area contributed by atoms with Crippen LogP contribution in [0, 0.1) is 0 Å². The number of anilines is 1. The van der Waals surface area contributed by atoms with E-state index in [1.165, 1.54) is 8.61 Å². The van der Waals surface area contributed by atoms with Crippen LogP contribution in [0.25, 0.3) is 11.1 Å². The second-order valence-electron chi connectivity index (χ2n) is 6.31. The van der Waals surface area contributed by atoms with Gasteiger partial charge in [0.25, 0.3) is 10.2 Å². The number of piperidine rings is 1. The fourth-order valence-corrected chi connectivity index (χ4v) is 4.47. The summed E-state index contributed by atoms with van der Waals surface area (Å²) < 4.78 is 28.3. The lowest BCUT2D eigenvalue weighted by molar-refractivity contribution is 0.239. The van der Waals surface area contributed by atoms with E-state index in [1.54, 1.807) is 20.3 Å². The fourth-order valence-electron chi connectivity index (χ4n) is 3.17. The molecule has 0 saturated carbocycles. The fraction of sp³-hybridized carbons (Fsp3) is 0.412. The van der Waals surface area contributed by atoms with Gasteiger partial charge >= 0.3 is 0 Å². The summed E-state index contributed by atoms with van der Waals surface area (Å²) >= 11 is 0. The molecule has 2 aromatic rings. The molecular weight excluding hydrogens is 338 g/mol. The maximum absolute atomic E-state index is 12.8. The van der Waals surface area contributed by atoms with Crippen LogP contribution in [-0.2, 0) is 10.2 Å². The molecule has 7 nitrogen and oxygen atoms in total. The van der Waals surface area contributed by atoms with E-state index in [0.717, 1.165) is 24.0 Å². The van der Waals surface area contributed by atoms with Crippen molar-refractivity contribution < 1.29 is 8.42 Å². The normalized spacial score (nSPS) is 19.2. The monoisotopic (exact) mass is 361 g/mol. The Morgan fingerprint density at radius 2 is 1.92 bits per heavy atom. The summed E-state index contributed by atoms with van der Waals surface area (Å²) in [5, 5.41) is 0. The van der Waals surface area contributed by atoms with Crippen molar-refractivity contribution in [2.24, 2.45) is 0 Å². The molecule has 25 heavy (non-hydrogen) atoms. The zero-order chi connectivity index (χ0) is 18.0. The molecule has 134 valence electrons. The number of nitrogens with zero attached hydrogens (tertiary/aromatic N) is 4. The summed E-state index contributed by atoms with van der Waals surface area (Å²) in [7, 11) is -0.446. The Balaban J connectivity index is 2.12. The molecule has 8 heteroatoms. The van der Waals surface area contributed by atoms with E-state index in [0.29, 0.717) is 18.7 Å². The molecule has 1 aliphatic rings. The standard InChI is InChI=1S/C17H23N5O2S/c1-21(2)25(23,24)22-11-7-6-10-15(22)16-14(12-19-17(18)20-16)13-8-4-3-5-9-13/h3-5,8-9,12,15H,6-7,10-11H2,1-2H3,(H2,18,19,20)/t15-/m0/s1. The first-order valence-electron chi connectivity index (χ1n) is 8.28. The molecule has 1 aliphatic heterocycles. The molecule has 0 aliphatic carbocycles. The quantitative estimate of drug-likeness (QED) is 0.900. The third kappa shape index (κ3) is 3.51. The Morgan fingerprint density at radius 3 is 2.60 bits per heavy atom. The maximum Gasteiger partial charge on any atom is 0.282 e. The van der Waals surface area contributed by atoms with Crippen LogP contribution in [0.4, 0.5) is 5.95 Å². The van der Waals surface area contributed by atoms with Gasteiger partial charge in [0.15, 0.2) is 0 Å². The summed E-state index contributed by atoms with van der Waals surface area (Å²) in [5.74, 6) is 0.155. The van der Waals surface area contributed by atoms with E-state index in [2.05, 4.69) is 9.97 Å². The highest BCUT2D eigenvalue weighted by molar-refractivity contribution is 7.86. The van der Waals surface area contributed by atoms with E-state index in [1.807, 2.05) is 30.3 Å². The molecule has 1 aromatic heterocycles. The SMILES string of the molecule is CN(C)S(=O)(=O)N1CCCC[C@H]1c1nc(N)ncc1-c1ccccc1. The first kappa shape index (κ1) is 17.8. The largest absolute Gasteiger partial charge is 0.368 e. The number of hydrogen-bond donors (Lipinski definition) is 1. The molecule has 3 rings (SSSR count). The minimum absolute atomic E-state index is 0.155. The Hall–Kier alpha value is -2.03. The van der Waals surface area contributed by atoms with Crippen molar-refractivity contribution >= 4 is 16.2 Å². The van der Waals surface area contributed by atoms with Crippen LogP contribution in [0.15, 0.2) is 36.5 Å². The van der Waals surface area contributed by atoms with Crippen LogP contribution in [0.1, 0.15) is 31.0 Å². The second-order valence-corrected chi connectivity index (χ2v) is 8.40. The van der Waals surface area contributed by atoms with Gasteiger partial charge in [-0.1, -0.05) is 36.8 Å². The number of hydrogen-bond acceptors (Lipinski definition) is 5. The highest BCUT2D eigenvalue weighted by atomic mass is 32.2. The van der Waals surface area contributed by atoms with Gasteiger partial charge in [-0.2, -0.15) is 17.0 Å². The highest BCUT2D eigenvalue weighted by Crippen LogP contribution is 2.37. The first-order valence-corrected chi connectivity index (χ1v) is 9.68. The van der Waals surface area contributed by atoms with Crippen LogP contribution in [0.2, 0.25) is 0 Å². The minimum atomic E-state index is -3.54. The smallest absolute Gasteiger partial charge is 0.282 e. The van der Waals surface area contributed by atoms with Crippen molar-refractivity contribution in [2.45, 2.75) is 25.3 Å². The van der Waals surface area contributed by atoms with E-state index in [4.69, 9.17) is 5.73 Å². The highest BCUT2D eigenvalue weighted by Gasteiger charge is 2.36. The Morgan fingerprint density at radius 1 is 1.20 bits per heavy atom. The summed E-state index contributed by atoms with van der Waals surface area (Å²) in [6, 6.07) is 9.39. The van der Waals surface area contributed by atoms with Crippen LogP contribution >= 0.6 is 0 Å². The van der Waals surface area contributed by atoms with E-state index < -0.39 is 10.2 Å². The van der Waals surface area contributed by atoms with Gasteiger partial charge in [-0.15, -0.1) is 0 Å². The van der Waals surface area contributed by atoms with E-state index >= 15 is 0 Å². The average molecular weight is 361 g/mol. The number of benzene rings is 1. The Labute approximate surface area is 148 Å². The Bertz CT molecular complexity index is 839. The molecule has 2 heterocycles. The van der Waals surface area contributed by atoms with Crippen LogP contribution in [-0.4, -0.2) is 47.6 Å². The van der Waals surface area contributed by atoms with Crippen molar-refractivity contribution in [3.63, 3.8) is 0 Å². The van der Waals surface area contributed by atoms with Gasteiger partial charge in [0.05, 0.1) is 11.7 Å². The zero-order valence-electron chi connectivity index (χ0n) is 14.5. The minimum Gasteiger partial charge on any atom is -0.368 e. The molecule has 0 radical (unpaired) electrons. The number of rotatable bonds is 4. The summed E-state index contributed by atoms with van der Waals surface area (Å²) in [6.45, 7) is 0.476. The predicted molar refractivity (Wildman–Crippen MR) is 97.8 cm³/mol. The summed E-state index contributed by atoms with van der Waals surface area (Å²) in [5.41, 5.74) is 8.27. The molecular formula is C17H23N5O2S. The summed E-state index contributed by atoms with van der Waals surface area (Å²) in [4.78, 5) is 8.56. The molecule has 1 atom stereocenters. The van der Waals surface area contributed by atoms with Crippen LogP contribution in [0.5, 0.6) is 0 Å². The molecule has 0 bridgehead atoms. The molecule has 1 fully saturated rings. The third-order valence-corrected chi connectivity index (χ3v) is 6.40. The van der Waals surface area contributed by atoms with Gasteiger partial charge in [0.2, 0.25) is 5.95 Å². The molecule has 2 N–H and O–H groups in total. The third-order valence-electron chi connectivity index (χ3n) is 4.45. The van der Waals surface area contributed by atoms with Gasteiger partial charge in [-0.25, -0.2) is 9.97 Å². The molecule has 1 aromatic carbocycles. The van der Waals surface area contributed by atoms with Crippen molar-refractivity contribution in [1.29, 1.82) is 0 Å². The van der Waals surface area contributed by atoms with Gasteiger partial charge < -0.3 is 5.73 Å². The van der Waals surface area contributed by atoms with Gasteiger partial charge in [0.1, 0.15) is 0 Å². The van der Waals surface area contributed by atoms with Gasteiger partial charge in [-0.3, -0.25) is 0 Å². The van der Waals surface area contributed by atoms with Gasteiger partial charge in [0, 0.05) is 32.4 Å². The lowest BCUT2D eigenvalue weighted by Crippen LogP contribution is -2.45. The maximum atomic E-state index is 12.8. The zero-order valence-corrected chi connectivity index (χ0v) is 15.3. The van der Waals surface area contributed by atoms with Crippen LogP contribution in [0.3, 0.4) is 0 Å². The van der Waals surface area contributed by atoms with E-state index in [-0.39, 0.29) is 12.0 Å².